The minimum absolute atomic E-state index is 0.00532. The van der Waals surface area contributed by atoms with Crippen molar-refractivity contribution in [3.05, 3.63) is 69.5 Å². The zero-order valence-electron chi connectivity index (χ0n) is 14.3. The highest BCUT2D eigenvalue weighted by molar-refractivity contribution is 6.42. The zero-order valence-corrected chi connectivity index (χ0v) is 15.8. The van der Waals surface area contributed by atoms with E-state index >= 15 is 0 Å². The lowest BCUT2D eigenvalue weighted by atomic mass is 10.0. The van der Waals surface area contributed by atoms with Crippen molar-refractivity contribution in [1.82, 2.24) is 5.32 Å². The van der Waals surface area contributed by atoms with Crippen molar-refractivity contribution >= 4 is 35.1 Å². The van der Waals surface area contributed by atoms with Crippen LogP contribution in [0.2, 0.25) is 10.0 Å². The van der Waals surface area contributed by atoms with Crippen LogP contribution in [-0.4, -0.2) is 17.9 Å². The summed E-state index contributed by atoms with van der Waals surface area (Å²) in [6.07, 6.45) is 0. The van der Waals surface area contributed by atoms with Crippen LogP contribution in [0.1, 0.15) is 29.8 Å². The van der Waals surface area contributed by atoms with Gasteiger partial charge in [0, 0.05) is 5.56 Å². The molecule has 0 radical (unpaired) electrons. The molecule has 2 aromatic carbocycles. The summed E-state index contributed by atoms with van der Waals surface area (Å²) in [7, 11) is 0. The maximum atomic E-state index is 13.0. The lowest BCUT2D eigenvalue weighted by molar-refractivity contribution is -0.148. The van der Waals surface area contributed by atoms with Crippen molar-refractivity contribution in [3.63, 3.8) is 0 Å². The van der Waals surface area contributed by atoms with Gasteiger partial charge in [0.25, 0.3) is 5.91 Å². The zero-order chi connectivity index (χ0) is 19.3. The van der Waals surface area contributed by atoms with Gasteiger partial charge in [-0.2, -0.15) is 0 Å². The van der Waals surface area contributed by atoms with Crippen LogP contribution in [0, 0.1) is 11.7 Å². The van der Waals surface area contributed by atoms with Gasteiger partial charge in [0.1, 0.15) is 18.5 Å². The van der Waals surface area contributed by atoms with Crippen LogP contribution in [0.25, 0.3) is 0 Å². The highest BCUT2D eigenvalue weighted by Gasteiger charge is 2.26. The largest absolute Gasteiger partial charge is 0.459 e. The van der Waals surface area contributed by atoms with Crippen LogP contribution in [0.5, 0.6) is 0 Å². The average molecular weight is 398 g/mol. The van der Waals surface area contributed by atoms with E-state index < -0.39 is 23.7 Å². The van der Waals surface area contributed by atoms with Crippen LogP contribution in [0.3, 0.4) is 0 Å². The number of carbonyl (C=O) groups is 2. The summed E-state index contributed by atoms with van der Waals surface area (Å²) in [4.78, 5) is 24.6. The average Bonchev–Trinajstić information content (AvgIpc) is 2.60. The van der Waals surface area contributed by atoms with Crippen LogP contribution >= 0.6 is 23.2 Å². The van der Waals surface area contributed by atoms with Gasteiger partial charge in [-0.1, -0.05) is 43.1 Å². The molecule has 0 spiro atoms. The molecule has 4 nitrogen and oxygen atoms in total. The molecule has 2 aromatic rings. The molecule has 138 valence electrons. The first-order valence-corrected chi connectivity index (χ1v) is 8.70. The Morgan fingerprint density at radius 2 is 1.73 bits per heavy atom. The fourth-order valence-corrected chi connectivity index (χ4v) is 2.52. The molecule has 0 saturated heterocycles. The van der Waals surface area contributed by atoms with Crippen molar-refractivity contribution in [1.29, 1.82) is 0 Å². The van der Waals surface area contributed by atoms with E-state index in [1.54, 1.807) is 32.0 Å². The van der Waals surface area contributed by atoms with Gasteiger partial charge in [-0.05, 0) is 47.9 Å². The van der Waals surface area contributed by atoms with Crippen molar-refractivity contribution in [3.8, 4) is 0 Å². The van der Waals surface area contributed by atoms with E-state index in [0.29, 0.717) is 15.6 Å². The molecular weight excluding hydrogens is 380 g/mol. The number of amides is 1. The maximum Gasteiger partial charge on any atom is 0.329 e. The van der Waals surface area contributed by atoms with Gasteiger partial charge in [0.05, 0.1) is 10.0 Å². The number of carbonyl (C=O) groups excluding carboxylic acids is 2. The standard InChI is InChI=1S/C19H18Cl2FNO3/c1-11(2)17(23-18(24)13-4-6-14(22)7-5-13)19(25)26-10-12-3-8-15(20)16(21)9-12/h3-9,11,17H,10H2,1-2H3,(H,23,24). The van der Waals surface area contributed by atoms with Gasteiger partial charge in [-0.15, -0.1) is 0 Å². The summed E-state index contributed by atoms with van der Waals surface area (Å²) in [6, 6.07) is 9.15. The topological polar surface area (TPSA) is 55.4 Å². The summed E-state index contributed by atoms with van der Waals surface area (Å²) in [6.45, 7) is 3.58. The maximum absolute atomic E-state index is 13.0. The molecule has 0 heterocycles. The van der Waals surface area contributed by atoms with Gasteiger partial charge in [0.15, 0.2) is 0 Å². The Kier molecular flexibility index (Phi) is 7.00. The quantitative estimate of drug-likeness (QED) is 0.722. The molecule has 0 aliphatic heterocycles. The van der Waals surface area contributed by atoms with Gasteiger partial charge in [-0.3, -0.25) is 4.79 Å². The monoisotopic (exact) mass is 397 g/mol. The molecule has 0 aliphatic carbocycles. The highest BCUT2D eigenvalue weighted by atomic mass is 35.5. The summed E-state index contributed by atoms with van der Waals surface area (Å²) >= 11 is 11.8. The van der Waals surface area contributed by atoms with Gasteiger partial charge in [-0.25, -0.2) is 9.18 Å². The first-order valence-electron chi connectivity index (χ1n) is 7.95. The Hall–Kier alpha value is -2.11. The highest BCUT2D eigenvalue weighted by Crippen LogP contribution is 2.23. The molecule has 7 heteroatoms. The number of benzene rings is 2. The van der Waals surface area contributed by atoms with Crippen molar-refractivity contribution in [2.75, 3.05) is 0 Å². The normalized spacial score (nSPS) is 11.9. The molecule has 0 aliphatic rings. The SMILES string of the molecule is CC(C)C(NC(=O)c1ccc(F)cc1)C(=O)OCc1ccc(Cl)c(Cl)c1. The molecular formula is C19H18Cl2FNO3. The summed E-state index contributed by atoms with van der Waals surface area (Å²) < 4.78 is 18.2. The lowest BCUT2D eigenvalue weighted by Gasteiger charge is -2.21. The Balaban J connectivity index is 2.01. The molecule has 2 rings (SSSR count). The Morgan fingerprint density at radius 1 is 1.08 bits per heavy atom. The van der Waals surface area contributed by atoms with E-state index in [1.807, 2.05) is 0 Å². The summed E-state index contributed by atoms with van der Waals surface area (Å²) in [5, 5.41) is 3.40. The van der Waals surface area contributed by atoms with Crippen LogP contribution < -0.4 is 5.32 Å². The second-order valence-corrected chi connectivity index (χ2v) is 6.87. The Labute approximate surface area is 161 Å². The molecule has 1 atom stereocenters. The van der Waals surface area contributed by atoms with Crippen molar-refractivity contribution in [2.45, 2.75) is 26.5 Å². The Bertz CT molecular complexity index is 794. The van der Waals surface area contributed by atoms with Crippen molar-refractivity contribution < 1.29 is 18.7 Å². The number of halogens is 3. The third kappa shape index (κ3) is 5.44. The molecule has 0 bridgehead atoms. The minimum atomic E-state index is -0.838. The number of nitrogens with one attached hydrogen (secondary N) is 1. The number of esters is 1. The second-order valence-electron chi connectivity index (χ2n) is 6.06. The molecule has 0 fully saturated rings. The van der Waals surface area contributed by atoms with Crippen LogP contribution in [0.15, 0.2) is 42.5 Å². The smallest absolute Gasteiger partial charge is 0.329 e. The van der Waals surface area contributed by atoms with Gasteiger partial charge >= 0.3 is 5.97 Å². The van der Waals surface area contributed by atoms with E-state index in [0.717, 1.165) is 0 Å². The van der Waals surface area contributed by atoms with E-state index in [2.05, 4.69) is 5.32 Å². The van der Waals surface area contributed by atoms with E-state index in [1.165, 1.54) is 24.3 Å². The molecule has 0 saturated carbocycles. The summed E-state index contributed by atoms with van der Waals surface area (Å²) in [5.74, 6) is -1.68. The number of hydrogen-bond donors (Lipinski definition) is 1. The summed E-state index contributed by atoms with van der Waals surface area (Å²) in [5.41, 5.74) is 0.939. The van der Waals surface area contributed by atoms with E-state index in [4.69, 9.17) is 27.9 Å². The Morgan fingerprint density at radius 3 is 2.31 bits per heavy atom. The minimum Gasteiger partial charge on any atom is -0.459 e. The predicted molar refractivity (Wildman–Crippen MR) is 98.8 cm³/mol. The first-order chi connectivity index (χ1) is 12.3. The van der Waals surface area contributed by atoms with Gasteiger partial charge in [0.2, 0.25) is 0 Å². The van der Waals surface area contributed by atoms with E-state index in [9.17, 15) is 14.0 Å². The number of rotatable bonds is 6. The molecule has 1 amide bonds. The van der Waals surface area contributed by atoms with Crippen LogP contribution in [-0.2, 0) is 16.1 Å². The second kappa shape index (κ2) is 9.01. The third-order valence-electron chi connectivity index (χ3n) is 3.68. The number of hydrogen-bond acceptors (Lipinski definition) is 3. The van der Waals surface area contributed by atoms with Crippen molar-refractivity contribution in [2.24, 2.45) is 5.92 Å². The van der Waals surface area contributed by atoms with Crippen LogP contribution in [0.4, 0.5) is 4.39 Å². The molecule has 1 N–H and O–H groups in total. The first kappa shape index (κ1) is 20.2. The molecule has 1 unspecified atom stereocenters. The molecule has 26 heavy (non-hydrogen) atoms. The predicted octanol–water partition coefficient (Wildman–Crippen LogP) is 4.63. The fourth-order valence-electron chi connectivity index (χ4n) is 2.20. The molecule has 0 aromatic heterocycles. The van der Waals surface area contributed by atoms with E-state index in [-0.39, 0.29) is 18.1 Å². The third-order valence-corrected chi connectivity index (χ3v) is 4.42. The number of ether oxygens (including phenoxy) is 1. The van der Waals surface area contributed by atoms with Gasteiger partial charge < -0.3 is 10.1 Å². The lowest BCUT2D eigenvalue weighted by Crippen LogP contribution is -2.45. The fraction of sp³-hybridized carbons (Fsp3) is 0.263.